The first-order valence-electron chi connectivity index (χ1n) is 8.75. The Morgan fingerprint density at radius 1 is 1.36 bits per heavy atom. The number of rotatable bonds is 7. The fourth-order valence-electron chi connectivity index (χ4n) is 4.28. The largest absolute Gasteiger partial charge is 0.390 e. The van der Waals surface area contributed by atoms with E-state index in [0.717, 1.165) is 32.3 Å². The molecule has 0 aromatic rings. The summed E-state index contributed by atoms with van der Waals surface area (Å²) in [5.74, 6) is 0.128. The summed E-state index contributed by atoms with van der Waals surface area (Å²) in [6.45, 7) is 5.15. The molecule has 22 heavy (non-hydrogen) atoms. The van der Waals surface area contributed by atoms with Gasteiger partial charge in [0.15, 0.2) is 0 Å². The predicted octanol–water partition coefficient (Wildman–Crippen LogP) is 2.84. The minimum atomic E-state index is -0.411. The van der Waals surface area contributed by atoms with Crippen LogP contribution in [0, 0.1) is 5.92 Å². The number of hydrogen-bond acceptors (Lipinski definition) is 4. The van der Waals surface area contributed by atoms with Crippen LogP contribution in [0.15, 0.2) is 12.2 Å². The van der Waals surface area contributed by atoms with Crippen molar-refractivity contribution in [1.29, 1.82) is 0 Å². The van der Waals surface area contributed by atoms with E-state index in [9.17, 15) is 5.11 Å². The molecule has 3 rings (SSSR count). The van der Waals surface area contributed by atoms with E-state index in [2.05, 4.69) is 26.0 Å². The molecule has 0 amide bonds. The minimum absolute atomic E-state index is 0.116. The average Bonchev–Trinajstić information content (AvgIpc) is 3.40. The summed E-state index contributed by atoms with van der Waals surface area (Å²) in [5, 5.41) is 10.3. The SMILES string of the molecule is CCCCC=CC[C@H]1O[C@]1(C)[C@H]1[C@H](OC)[C@H](O)CC[C@]12CO2. The maximum Gasteiger partial charge on any atom is 0.101 e. The molecule has 3 fully saturated rings. The Hall–Kier alpha value is -0.420. The zero-order valence-corrected chi connectivity index (χ0v) is 14.1. The first kappa shape index (κ1) is 16.4. The van der Waals surface area contributed by atoms with Crippen LogP contribution in [0.2, 0.25) is 0 Å². The molecule has 2 heterocycles. The second kappa shape index (κ2) is 6.23. The van der Waals surface area contributed by atoms with Crippen molar-refractivity contribution in [3.05, 3.63) is 12.2 Å². The van der Waals surface area contributed by atoms with Crippen molar-refractivity contribution in [3.8, 4) is 0 Å². The topological polar surface area (TPSA) is 54.5 Å². The van der Waals surface area contributed by atoms with E-state index in [0.29, 0.717) is 0 Å². The summed E-state index contributed by atoms with van der Waals surface area (Å²) in [5.41, 5.74) is -0.344. The lowest BCUT2D eigenvalue weighted by molar-refractivity contribution is -0.116. The highest BCUT2D eigenvalue weighted by Crippen LogP contribution is 2.59. The van der Waals surface area contributed by atoms with Gasteiger partial charge >= 0.3 is 0 Å². The van der Waals surface area contributed by atoms with Gasteiger partial charge in [-0.3, -0.25) is 0 Å². The molecule has 1 N–H and O–H groups in total. The van der Waals surface area contributed by atoms with Gasteiger partial charge in [0.25, 0.3) is 0 Å². The fraction of sp³-hybridized carbons (Fsp3) is 0.889. The van der Waals surface area contributed by atoms with E-state index in [4.69, 9.17) is 14.2 Å². The van der Waals surface area contributed by atoms with Crippen LogP contribution in [-0.2, 0) is 14.2 Å². The van der Waals surface area contributed by atoms with Gasteiger partial charge in [0, 0.05) is 7.11 Å². The lowest BCUT2D eigenvalue weighted by Crippen LogP contribution is -2.54. The standard InChI is InChI=1S/C18H30O4/c1-4-5-6-7-8-9-14-17(2,22-14)16-15(20-3)13(19)10-11-18(16)12-21-18/h7-8,13-16,19H,4-6,9-12H2,1-3H3/t13-,14-,15-,16-,17+,18+/m1/s1. The number of unbranched alkanes of at least 4 members (excludes halogenated alkanes) is 2. The van der Waals surface area contributed by atoms with Crippen LogP contribution in [0.25, 0.3) is 0 Å². The Kier molecular flexibility index (Phi) is 4.66. The molecule has 4 nitrogen and oxygen atoms in total. The molecule has 126 valence electrons. The molecule has 0 aromatic carbocycles. The number of ether oxygens (including phenoxy) is 3. The fourth-order valence-corrected chi connectivity index (χ4v) is 4.28. The Morgan fingerprint density at radius 2 is 2.14 bits per heavy atom. The molecule has 0 aromatic heterocycles. The predicted molar refractivity (Wildman–Crippen MR) is 84.8 cm³/mol. The maximum absolute atomic E-state index is 10.3. The number of aliphatic hydroxyl groups is 1. The van der Waals surface area contributed by atoms with E-state index < -0.39 is 6.10 Å². The lowest BCUT2D eigenvalue weighted by atomic mass is 9.68. The van der Waals surface area contributed by atoms with Crippen molar-refractivity contribution in [2.24, 2.45) is 5.92 Å². The van der Waals surface area contributed by atoms with Crippen molar-refractivity contribution in [2.45, 2.75) is 81.9 Å². The highest BCUT2D eigenvalue weighted by atomic mass is 16.6. The Balaban J connectivity index is 1.63. The molecule has 6 atom stereocenters. The van der Waals surface area contributed by atoms with Gasteiger partial charge in [-0.25, -0.2) is 0 Å². The van der Waals surface area contributed by atoms with Crippen molar-refractivity contribution >= 4 is 0 Å². The van der Waals surface area contributed by atoms with Gasteiger partial charge in [0.1, 0.15) is 5.60 Å². The van der Waals surface area contributed by atoms with Crippen LogP contribution < -0.4 is 0 Å². The summed E-state index contributed by atoms with van der Waals surface area (Å²) in [6.07, 6.45) is 10.4. The molecule has 1 spiro atoms. The smallest absolute Gasteiger partial charge is 0.101 e. The van der Waals surface area contributed by atoms with Gasteiger partial charge in [-0.2, -0.15) is 0 Å². The van der Waals surface area contributed by atoms with Crippen molar-refractivity contribution in [2.75, 3.05) is 13.7 Å². The van der Waals surface area contributed by atoms with Crippen molar-refractivity contribution in [3.63, 3.8) is 0 Å². The molecule has 3 aliphatic rings. The first-order valence-corrected chi connectivity index (χ1v) is 8.75. The van der Waals surface area contributed by atoms with Crippen molar-refractivity contribution in [1.82, 2.24) is 0 Å². The third-order valence-corrected chi connectivity index (χ3v) is 5.76. The van der Waals surface area contributed by atoms with Gasteiger partial charge in [0.2, 0.25) is 0 Å². The molecule has 1 saturated carbocycles. The number of hydrogen-bond donors (Lipinski definition) is 1. The van der Waals surface area contributed by atoms with Gasteiger partial charge in [0.05, 0.1) is 36.4 Å². The van der Waals surface area contributed by atoms with Gasteiger partial charge in [-0.15, -0.1) is 0 Å². The molecule has 2 saturated heterocycles. The van der Waals surface area contributed by atoms with E-state index in [1.807, 2.05) is 0 Å². The van der Waals surface area contributed by atoms with Crippen LogP contribution in [0.3, 0.4) is 0 Å². The van der Waals surface area contributed by atoms with Crippen LogP contribution in [0.1, 0.15) is 52.4 Å². The third-order valence-electron chi connectivity index (χ3n) is 5.76. The monoisotopic (exact) mass is 310 g/mol. The second-order valence-electron chi connectivity index (χ2n) is 7.28. The van der Waals surface area contributed by atoms with Crippen LogP contribution >= 0.6 is 0 Å². The number of methoxy groups -OCH3 is 1. The highest BCUT2D eigenvalue weighted by Gasteiger charge is 2.71. The molecule has 0 radical (unpaired) electrons. The van der Waals surface area contributed by atoms with E-state index in [-0.39, 0.29) is 29.3 Å². The van der Waals surface area contributed by atoms with Crippen LogP contribution in [0.5, 0.6) is 0 Å². The zero-order valence-electron chi connectivity index (χ0n) is 14.1. The Morgan fingerprint density at radius 3 is 2.77 bits per heavy atom. The van der Waals surface area contributed by atoms with E-state index in [1.54, 1.807) is 7.11 Å². The number of allylic oxidation sites excluding steroid dienone is 1. The second-order valence-corrected chi connectivity index (χ2v) is 7.28. The molecular formula is C18H30O4. The van der Waals surface area contributed by atoms with Gasteiger partial charge < -0.3 is 19.3 Å². The van der Waals surface area contributed by atoms with E-state index in [1.165, 1.54) is 12.8 Å². The van der Waals surface area contributed by atoms with Gasteiger partial charge in [-0.1, -0.05) is 31.9 Å². The average molecular weight is 310 g/mol. The Labute approximate surface area is 133 Å². The maximum atomic E-state index is 10.3. The minimum Gasteiger partial charge on any atom is -0.390 e. The summed E-state index contributed by atoms with van der Waals surface area (Å²) in [7, 11) is 1.69. The third kappa shape index (κ3) is 2.86. The molecule has 2 aliphatic heterocycles. The van der Waals surface area contributed by atoms with Crippen LogP contribution in [-0.4, -0.2) is 48.3 Å². The quantitative estimate of drug-likeness (QED) is 0.446. The van der Waals surface area contributed by atoms with Crippen LogP contribution in [0.4, 0.5) is 0 Å². The summed E-state index contributed by atoms with van der Waals surface area (Å²) >= 11 is 0. The highest BCUT2D eigenvalue weighted by molar-refractivity contribution is 5.20. The normalized spacial score (nSPS) is 47.3. The first-order chi connectivity index (χ1) is 10.6. The summed E-state index contributed by atoms with van der Waals surface area (Å²) in [4.78, 5) is 0. The molecular weight excluding hydrogens is 280 g/mol. The van der Waals surface area contributed by atoms with Gasteiger partial charge in [-0.05, 0) is 32.6 Å². The molecule has 4 heteroatoms. The summed E-state index contributed by atoms with van der Waals surface area (Å²) < 4.78 is 17.5. The van der Waals surface area contributed by atoms with Crippen molar-refractivity contribution < 1.29 is 19.3 Å². The zero-order chi connectivity index (χ0) is 15.8. The molecule has 1 aliphatic carbocycles. The number of epoxide rings is 2. The Bertz CT molecular complexity index is 417. The number of aliphatic hydroxyl groups excluding tert-OH is 1. The summed E-state index contributed by atoms with van der Waals surface area (Å²) in [6, 6.07) is 0. The molecule has 0 bridgehead atoms. The van der Waals surface area contributed by atoms with E-state index >= 15 is 0 Å². The lowest BCUT2D eigenvalue weighted by Gasteiger charge is -2.41. The molecule has 0 unspecified atom stereocenters.